The summed E-state index contributed by atoms with van der Waals surface area (Å²) < 4.78 is 38.4. The topological polar surface area (TPSA) is 84.9 Å². The van der Waals surface area contributed by atoms with Crippen LogP contribution in [0, 0.1) is 0 Å². The van der Waals surface area contributed by atoms with Crippen LogP contribution in [0.4, 0.5) is 5.69 Å². The van der Waals surface area contributed by atoms with Crippen molar-refractivity contribution in [2.75, 3.05) is 38.2 Å². The van der Waals surface area contributed by atoms with Crippen LogP contribution in [0.1, 0.15) is 25.3 Å². The summed E-state index contributed by atoms with van der Waals surface area (Å²) in [7, 11) is -3.70. The molecular formula is C22H25ClN2O5S. The molecule has 1 aliphatic carbocycles. The molecule has 1 N–H and O–H groups in total. The van der Waals surface area contributed by atoms with Crippen molar-refractivity contribution >= 4 is 33.2 Å². The monoisotopic (exact) mass is 464 g/mol. The Bertz CT molecular complexity index is 1060. The van der Waals surface area contributed by atoms with E-state index in [9.17, 15) is 13.2 Å². The van der Waals surface area contributed by atoms with Gasteiger partial charge >= 0.3 is 0 Å². The minimum Gasteiger partial charge on any atom is -0.492 e. The van der Waals surface area contributed by atoms with Gasteiger partial charge in [0.2, 0.25) is 15.9 Å². The lowest BCUT2D eigenvalue weighted by atomic mass is 9.95. The van der Waals surface area contributed by atoms with E-state index >= 15 is 0 Å². The van der Waals surface area contributed by atoms with Crippen molar-refractivity contribution in [1.29, 1.82) is 0 Å². The molecule has 4 rings (SSSR count). The number of benzene rings is 2. The van der Waals surface area contributed by atoms with Crippen molar-refractivity contribution in [1.82, 2.24) is 4.31 Å². The molecule has 0 atom stereocenters. The van der Waals surface area contributed by atoms with Crippen LogP contribution in [0.2, 0.25) is 5.02 Å². The molecule has 2 aromatic carbocycles. The van der Waals surface area contributed by atoms with Crippen LogP contribution in [0.25, 0.3) is 0 Å². The number of halogens is 1. The van der Waals surface area contributed by atoms with E-state index < -0.39 is 15.4 Å². The maximum Gasteiger partial charge on any atom is 0.243 e. The highest BCUT2D eigenvalue weighted by atomic mass is 35.5. The number of nitrogens with one attached hydrogen (secondary N) is 1. The van der Waals surface area contributed by atoms with Crippen LogP contribution in [0.15, 0.2) is 47.4 Å². The van der Waals surface area contributed by atoms with Gasteiger partial charge < -0.3 is 14.8 Å². The number of sulfonamides is 1. The van der Waals surface area contributed by atoms with E-state index in [0.717, 1.165) is 18.4 Å². The van der Waals surface area contributed by atoms with E-state index in [0.29, 0.717) is 49.4 Å². The van der Waals surface area contributed by atoms with Crippen LogP contribution in [-0.2, 0) is 25.0 Å². The van der Waals surface area contributed by atoms with Gasteiger partial charge in [0.05, 0.1) is 35.8 Å². The fraction of sp³-hybridized carbons (Fsp3) is 0.409. The van der Waals surface area contributed by atoms with Gasteiger partial charge in [-0.05, 0) is 55.7 Å². The highest BCUT2D eigenvalue weighted by Gasteiger charge is 2.51. The fourth-order valence-corrected chi connectivity index (χ4v) is 5.33. The molecule has 0 unspecified atom stereocenters. The molecule has 0 spiro atoms. The van der Waals surface area contributed by atoms with Crippen LogP contribution in [-0.4, -0.2) is 51.5 Å². The quantitative estimate of drug-likeness (QED) is 0.678. The first-order chi connectivity index (χ1) is 14.9. The molecule has 9 heteroatoms. The molecule has 1 heterocycles. The highest BCUT2D eigenvalue weighted by molar-refractivity contribution is 7.89. The number of carbonyl (C=O) groups excluding carboxylic acids is 1. The number of anilines is 1. The van der Waals surface area contributed by atoms with Crippen molar-refractivity contribution in [3.63, 3.8) is 0 Å². The van der Waals surface area contributed by atoms with Gasteiger partial charge in [-0.1, -0.05) is 23.7 Å². The van der Waals surface area contributed by atoms with E-state index in [1.54, 1.807) is 18.2 Å². The second-order valence-electron chi connectivity index (χ2n) is 7.65. The first-order valence-corrected chi connectivity index (χ1v) is 12.1. The Morgan fingerprint density at radius 3 is 2.45 bits per heavy atom. The minimum absolute atomic E-state index is 0.115. The Labute approximate surface area is 187 Å². The lowest BCUT2D eigenvalue weighted by Gasteiger charge is -2.26. The zero-order valence-electron chi connectivity index (χ0n) is 17.3. The number of ether oxygens (including phenoxy) is 2. The predicted molar refractivity (Wildman–Crippen MR) is 118 cm³/mol. The van der Waals surface area contributed by atoms with Gasteiger partial charge in [-0.25, -0.2) is 8.42 Å². The fourth-order valence-electron chi connectivity index (χ4n) is 3.77. The number of carbonyl (C=O) groups is 1. The van der Waals surface area contributed by atoms with Crippen molar-refractivity contribution < 1.29 is 22.7 Å². The number of nitrogens with zero attached hydrogens (tertiary/aromatic N) is 1. The summed E-state index contributed by atoms with van der Waals surface area (Å²) in [5.74, 6) is 0.250. The Balaban J connectivity index is 1.63. The van der Waals surface area contributed by atoms with E-state index in [4.69, 9.17) is 21.1 Å². The van der Waals surface area contributed by atoms with E-state index in [1.807, 2.05) is 19.1 Å². The molecule has 1 amide bonds. The third kappa shape index (κ3) is 4.43. The summed E-state index contributed by atoms with van der Waals surface area (Å²) in [6, 6.07) is 11.8. The Morgan fingerprint density at radius 2 is 1.84 bits per heavy atom. The SMILES string of the molecule is CCOc1ccc(S(=O)(=O)N2CCOCC2)cc1NC(=O)C1(c2ccc(Cl)cc2)CC1. The molecule has 0 aromatic heterocycles. The maximum atomic E-state index is 13.2. The van der Waals surface area contributed by atoms with Crippen molar-refractivity contribution in [2.24, 2.45) is 0 Å². The molecule has 1 saturated heterocycles. The second-order valence-corrected chi connectivity index (χ2v) is 10.0. The molecule has 1 aliphatic heterocycles. The number of rotatable bonds is 7. The Hall–Kier alpha value is -2.13. The summed E-state index contributed by atoms with van der Waals surface area (Å²) in [5.41, 5.74) is 0.610. The Kier molecular flexibility index (Phi) is 6.25. The first kappa shape index (κ1) is 22.1. The molecular weight excluding hydrogens is 440 g/mol. The maximum absolute atomic E-state index is 13.2. The first-order valence-electron chi connectivity index (χ1n) is 10.3. The van der Waals surface area contributed by atoms with Gasteiger partial charge in [-0.2, -0.15) is 4.31 Å². The molecule has 0 radical (unpaired) electrons. The third-order valence-electron chi connectivity index (χ3n) is 5.69. The molecule has 1 saturated carbocycles. The normalized spacial score (nSPS) is 18.4. The summed E-state index contributed by atoms with van der Waals surface area (Å²) >= 11 is 5.99. The number of hydrogen-bond acceptors (Lipinski definition) is 5. The molecule has 7 nitrogen and oxygen atoms in total. The van der Waals surface area contributed by atoms with Crippen molar-refractivity contribution in [3.8, 4) is 5.75 Å². The molecule has 31 heavy (non-hydrogen) atoms. The Morgan fingerprint density at radius 1 is 1.16 bits per heavy atom. The van der Waals surface area contributed by atoms with E-state index in [2.05, 4.69) is 5.32 Å². The zero-order valence-corrected chi connectivity index (χ0v) is 18.8. The summed E-state index contributed by atoms with van der Waals surface area (Å²) in [4.78, 5) is 13.3. The average molecular weight is 465 g/mol. The number of morpholine rings is 1. The van der Waals surface area contributed by atoms with Gasteiger partial charge in [0, 0.05) is 18.1 Å². The van der Waals surface area contributed by atoms with Crippen LogP contribution < -0.4 is 10.1 Å². The summed E-state index contributed by atoms with van der Waals surface area (Å²) in [6.07, 6.45) is 1.44. The zero-order chi connectivity index (χ0) is 22.1. The van der Waals surface area contributed by atoms with Crippen LogP contribution in [0.3, 0.4) is 0 Å². The third-order valence-corrected chi connectivity index (χ3v) is 7.83. The molecule has 2 aliphatic rings. The lowest BCUT2D eigenvalue weighted by molar-refractivity contribution is -0.118. The van der Waals surface area contributed by atoms with Gasteiger partial charge in [0.15, 0.2) is 0 Å². The largest absolute Gasteiger partial charge is 0.492 e. The molecule has 0 bridgehead atoms. The molecule has 2 fully saturated rings. The average Bonchev–Trinajstić information content (AvgIpc) is 3.58. The molecule has 166 valence electrons. The van der Waals surface area contributed by atoms with Gasteiger partial charge in [0.25, 0.3) is 0 Å². The van der Waals surface area contributed by atoms with Crippen LogP contribution in [0.5, 0.6) is 5.75 Å². The molecule has 2 aromatic rings. The lowest BCUT2D eigenvalue weighted by Crippen LogP contribution is -2.40. The van der Waals surface area contributed by atoms with Gasteiger partial charge in [0.1, 0.15) is 5.75 Å². The van der Waals surface area contributed by atoms with Crippen molar-refractivity contribution in [2.45, 2.75) is 30.1 Å². The highest BCUT2D eigenvalue weighted by Crippen LogP contribution is 2.49. The summed E-state index contributed by atoms with van der Waals surface area (Å²) in [5, 5.41) is 3.53. The summed E-state index contributed by atoms with van der Waals surface area (Å²) in [6.45, 7) is 3.56. The predicted octanol–water partition coefficient (Wildman–Crippen LogP) is 3.43. The smallest absolute Gasteiger partial charge is 0.243 e. The van der Waals surface area contributed by atoms with E-state index in [-0.39, 0.29) is 10.8 Å². The van der Waals surface area contributed by atoms with Gasteiger partial charge in [-0.3, -0.25) is 4.79 Å². The standard InChI is InChI=1S/C22H25ClN2O5S/c1-2-30-20-8-7-18(31(27,28)25-11-13-29-14-12-25)15-19(20)24-21(26)22(9-10-22)16-3-5-17(23)6-4-16/h3-8,15H,2,9-14H2,1H3,(H,24,26). The van der Waals surface area contributed by atoms with Crippen LogP contribution >= 0.6 is 11.6 Å². The van der Waals surface area contributed by atoms with E-state index in [1.165, 1.54) is 16.4 Å². The number of hydrogen-bond donors (Lipinski definition) is 1. The van der Waals surface area contributed by atoms with Crippen molar-refractivity contribution in [3.05, 3.63) is 53.1 Å². The van der Waals surface area contributed by atoms with Gasteiger partial charge in [-0.15, -0.1) is 0 Å². The second kappa shape index (κ2) is 8.78. The minimum atomic E-state index is -3.70. The number of amides is 1.